The molecule has 28 heavy (non-hydrogen) atoms. The van der Waals surface area contributed by atoms with Crippen LogP contribution in [0, 0.1) is 13.8 Å². The van der Waals surface area contributed by atoms with Crippen LogP contribution in [0.2, 0.25) is 0 Å². The van der Waals surface area contributed by atoms with Gasteiger partial charge in [0.1, 0.15) is 0 Å². The van der Waals surface area contributed by atoms with Crippen LogP contribution < -0.4 is 10.0 Å². The molecule has 7 heteroatoms. The zero-order valence-corrected chi connectivity index (χ0v) is 16.9. The summed E-state index contributed by atoms with van der Waals surface area (Å²) in [5.74, 6) is -0.229. The van der Waals surface area contributed by atoms with Crippen LogP contribution in [0.25, 0.3) is 0 Å². The van der Waals surface area contributed by atoms with Crippen molar-refractivity contribution < 1.29 is 18.3 Å². The van der Waals surface area contributed by atoms with Crippen molar-refractivity contribution in [3.05, 3.63) is 59.2 Å². The van der Waals surface area contributed by atoms with Gasteiger partial charge in [-0.05, 0) is 81.0 Å². The lowest BCUT2D eigenvalue weighted by molar-refractivity contribution is 0.0867. The molecule has 0 radical (unpaired) electrons. The van der Waals surface area contributed by atoms with Crippen molar-refractivity contribution in [2.75, 3.05) is 4.72 Å². The number of rotatable bonds is 5. The molecule has 1 aliphatic rings. The molecule has 1 amide bonds. The standard InChI is InChI=1S/C21H26N2O4S/c1-14-4-3-5-20(15(14)2)23-28(26,27)19-12-6-16(7-13-19)21(25)22-17-8-10-18(24)11-9-17/h3-7,12-13,17-18,23-24H,8-11H2,1-2H3,(H,22,25). The van der Waals surface area contributed by atoms with E-state index in [0.717, 1.165) is 24.0 Å². The van der Waals surface area contributed by atoms with Crippen molar-refractivity contribution in [2.24, 2.45) is 0 Å². The summed E-state index contributed by atoms with van der Waals surface area (Å²) < 4.78 is 27.9. The summed E-state index contributed by atoms with van der Waals surface area (Å²) in [6, 6.07) is 11.4. The highest BCUT2D eigenvalue weighted by molar-refractivity contribution is 7.92. The summed E-state index contributed by atoms with van der Waals surface area (Å²) in [6.45, 7) is 3.79. The lowest BCUT2D eigenvalue weighted by Crippen LogP contribution is -2.38. The molecular weight excluding hydrogens is 376 g/mol. The van der Waals surface area contributed by atoms with Gasteiger partial charge >= 0.3 is 0 Å². The summed E-state index contributed by atoms with van der Waals surface area (Å²) in [7, 11) is -3.74. The summed E-state index contributed by atoms with van der Waals surface area (Å²) >= 11 is 0. The van der Waals surface area contributed by atoms with Gasteiger partial charge in [-0.2, -0.15) is 0 Å². The number of hydrogen-bond donors (Lipinski definition) is 3. The molecule has 0 heterocycles. The number of amides is 1. The predicted octanol–water partition coefficient (Wildman–Crippen LogP) is 3.14. The van der Waals surface area contributed by atoms with Gasteiger partial charge in [-0.25, -0.2) is 8.42 Å². The zero-order chi connectivity index (χ0) is 20.3. The van der Waals surface area contributed by atoms with Crippen molar-refractivity contribution in [1.29, 1.82) is 0 Å². The maximum Gasteiger partial charge on any atom is 0.261 e. The molecule has 2 aromatic rings. The van der Waals surface area contributed by atoms with E-state index in [2.05, 4.69) is 10.0 Å². The number of aryl methyl sites for hydroxylation is 1. The molecule has 3 N–H and O–H groups in total. The number of benzene rings is 2. The molecular formula is C21H26N2O4S. The Kier molecular flexibility index (Phi) is 6.05. The van der Waals surface area contributed by atoms with E-state index in [1.54, 1.807) is 12.1 Å². The highest BCUT2D eigenvalue weighted by Crippen LogP contribution is 2.23. The maximum atomic E-state index is 12.7. The number of aliphatic hydroxyl groups excluding tert-OH is 1. The molecule has 150 valence electrons. The second-order valence-electron chi connectivity index (χ2n) is 7.36. The minimum atomic E-state index is -3.74. The Labute approximate surface area is 166 Å². The molecule has 0 bridgehead atoms. The molecule has 0 spiro atoms. The Hall–Kier alpha value is -2.38. The third kappa shape index (κ3) is 4.72. The summed E-state index contributed by atoms with van der Waals surface area (Å²) in [4.78, 5) is 12.5. The first-order valence-corrected chi connectivity index (χ1v) is 10.9. The minimum Gasteiger partial charge on any atom is -0.393 e. The third-order valence-electron chi connectivity index (χ3n) is 5.31. The van der Waals surface area contributed by atoms with Crippen LogP contribution in [0.3, 0.4) is 0 Å². The predicted molar refractivity (Wildman–Crippen MR) is 109 cm³/mol. The number of carbonyl (C=O) groups excluding carboxylic acids is 1. The van der Waals surface area contributed by atoms with Crippen molar-refractivity contribution in [2.45, 2.75) is 56.6 Å². The first-order chi connectivity index (χ1) is 13.3. The first kappa shape index (κ1) is 20.4. The fourth-order valence-corrected chi connectivity index (χ4v) is 4.46. The average Bonchev–Trinajstić information content (AvgIpc) is 2.67. The number of aliphatic hydroxyl groups is 1. The number of hydrogen-bond acceptors (Lipinski definition) is 4. The Morgan fingerprint density at radius 3 is 2.29 bits per heavy atom. The van der Waals surface area contributed by atoms with Crippen molar-refractivity contribution in [3.8, 4) is 0 Å². The molecule has 6 nitrogen and oxygen atoms in total. The second-order valence-corrected chi connectivity index (χ2v) is 9.04. The van der Waals surface area contributed by atoms with E-state index in [-0.39, 0.29) is 22.9 Å². The first-order valence-electron chi connectivity index (χ1n) is 9.44. The van der Waals surface area contributed by atoms with Gasteiger partial charge in [-0.3, -0.25) is 9.52 Å². The van der Waals surface area contributed by atoms with Gasteiger partial charge in [0.15, 0.2) is 0 Å². The van der Waals surface area contributed by atoms with E-state index in [0.29, 0.717) is 24.1 Å². The maximum absolute atomic E-state index is 12.7. The fourth-order valence-electron chi connectivity index (χ4n) is 3.34. The number of carbonyl (C=O) groups is 1. The number of anilines is 1. The fraction of sp³-hybridized carbons (Fsp3) is 0.381. The van der Waals surface area contributed by atoms with Gasteiger partial charge in [0.25, 0.3) is 15.9 Å². The van der Waals surface area contributed by atoms with Gasteiger partial charge < -0.3 is 10.4 Å². The van der Waals surface area contributed by atoms with E-state index < -0.39 is 10.0 Å². The molecule has 0 unspecified atom stereocenters. The van der Waals surface area contributed by atoms with Crippen LogP contribution in [-0.2, 0) is 10.0 Å². The summed E-state index contributed by atoms with van der Waals surface area (Å²) in [5, 5.41) is 12.5. The highest BCUT2D eigenvalue weighted by Gasteiger charge is 2.22. The molecule has 3 rings (SSSR count). The van der Waals surface area contributed by atoms with Gasteiger partial charge in [-0.15, -0.1) is 0 Å². The smallest absolute Gasteiger partial charge is 0.261 e. The van der Waals surface area contributed by atoms with Crippen LogP contribution in [0.15, 0.2) is 47.4 Å². The van der Waals surface area contributed by atoms with Crippen LogP contribution in [0.1, 0.15) is 47.2 Å². The average molecular weight is 403 g/mol. The minimum absolute atomic E-state index is 0.0465. The van der Waals surface area contributed by atoms with Crippen LogP contribution in [0.4, 0.5) is 5.69 Å². The largest absolute Gasteiger partial charge is 0.393 e. The van der Waals surface area contributed by atoms with Crippen LogP contribution in [0.5, 0.6) is 0 Å². The molecule has 1 saturated carbocycles. The van der Waals surface area contributed by atoms with Gasteiger partial charge in [0, 0.05) is 11.6 Å². The zero-order valence-electron chi connectivity index (χ0n) is 16.1. The molecule has 1 aliphatic carbocycles. The van der Waals surface area contributed by atoms with E-state index in [1.807, 2.05) is 19.9 Å². The summed E-state index contributed by atoms with van der Waals surface area (Å²) in [5.41, 5.74) is 2.83. The second kappa shape index (κ2) is 8.32. The van der Waals surface area contributed by atoms with Crippen molar-refractivity contribution >= 4 is 21.6 Å². The normalized spacial score (nSPS) is 19.8. The molecule has 1 fully saturated rings. The SMILES string of the molecule is Cc1cccc(NS(=O)(=O)c2ccc(C(=O)NC3CCC(O)CC3)cc2)c1C. The Bertz CT molecular complexity index is 947. The van der Waals surface area contributed by atoms with Crippen LogP contribution in [-0.4, -0.2) is 31.6 Å². The highest BCUT2D eigenvalue weighted by atomic mass is 32.2. The van der Waals surface area contributed by atoms with E-state index in [4.69, 9.17) is 0 Å². The number of sulfonamides is 1. The van der Waals surface area contributed by atoms with Crippen molar-refractivity contribution in [1.82, 2.24) is 5.32 Å². The van der Waals surface area contributed by atoms with E-state index >= 15 is 0 Å². The van der Waals surface area contributed by atoms with Gasteiger partial charge in [-0.1, -0.05) is 12.1 Å². The Morgan fingerprint density at radius 2 is 1.64 bits per heavy atom. The Morgan fingerprint density at radius 1 is 1.00 bits per heavy atom. The van der Waals surface area contributed by atoms with E-state index in [1.165, 1.54) is 24.3 Å². The molecule has 0 aromatic heterocycles. The number of nitrogens with one attached hydrogen (secondary N) is 2. The Balaban J connectivity index is 1.69. The summed E-state index contributed by atoms with van der Waals surface area (Å²) in [6.07, 6.45) is 2.60. The monoisotopic (exact) mass is 402 g/mol. The molecule has 0 atom stereocenters. The van der Waals surface area contributed by atoms with Gasteiger partial charge in [0.05, 0.1) is 16.7 Å². The van der Waals surface area contributed by atoms with Crippen LogP contribution >= 0.6 is 0 Å². The third-order valence-corrected chi connectivity index (χ3v) is 6.69. The quantitative estimate of drug-likeness (QED) is 0.716. The molecule has 0 aliphatic heterocycles. The van der Waals surface area contributed by atoms with Gasteiger partial charge in [0.2, 0.25) is 0 Å². The van der Waals surface area contributed by atoms with Crippen molar-refractivity contribution in [3.63, 3.8) is 0 Å². The molecule has 2 aromatic carbocycles. The lowest BCUT2D eigenvalue weighted by Gasteiger charge is -2.26. The topological polar surface area (TPSA) is 95.5 Å². The van der Waals surface area contributed by atoms with E-state index in [9.17, 15) is 18.3 Å². The lowest BCUT2D eigenvalue weighted by atomic mass is 9.93. The molecule has 0 saturated heterocycles.